The van der Waals surface area contributed by atoms with E-state index in [0.29, 0.717) is 25.2 Å². The van der Waals surface area contributed by atoms with Crippen molar-refractivity contribution in [3.05, 3.63) is 34.7 Å². The highest BCUT2D eigenvalue weighted by Gasteiger charge is 2.37. The number of aryl methyl sites for hydroxylation is 1. The van der Waals surface area contributed by atoms with Crippen molar-refractivity contribution < 1.29 is 9.90 Å². The van der Waals surface area contributed by atoms with Gasteiger partial charge < -0.3 is 15.3 Å². The van der Waals surface area contributed by atoms with E-state index < -0.39 is 5.60 Å². The van der Waals surface area contributed by atoms with Crippen molar-refractivity contribution in [2.24, 2.45) is 0 Å². The normalized spacial score (nSPS) is 21.1. The molecule has 0 radical (unpaired) electrons. The number of hydrogen-bond donors (Lipinski definition) is 2. The molecule has 1 amide bonds. The largest absolute Gasteiger partial charge is 0.386 e. The Kier molecular flexibility index (Phi) is 4.04. The summed E-state index contributed by atoms with van der Waals surface area (Å²) in [6.45, 7) is 3.23. The summed E-state index contributed by atoms with van der Waals surface area (Å²) in [7, 11) is 0. The highest BCUT2D eigenvalue weighted by Crippen LogP contribution is 2.25. The van der Waals surface area contributed by atoms with Gasteiger partial charge in [0.1, 0.15) is 23.4 Å². The molecule has 0 aromatic carbocycles. The molecule has 8 heteroatoms. The smallest absolute Gasteiger partial charge is 0.270 e. The number of β-amino-alcohol motifs (C(OH)–C–C–N with tert-alkyl or cyclic N) is 1. The molecule has 2 N–H and O–H groups in total. The first-order chi connectivity index (χ1) is 10.6. The first-order valence-electron chi connectivity index (χ1n) is 6.98. The number of hydrogen-bond acceptors (Lipinski definition) is 7. The summed E-state index contributed by atoms with van der Waals surface area (Å²) in [4.78, 5) is 26.1. The van der Waals surface area contributed by atoms with Crippen LogP contribution in [0.5, 0.6) is 0 Å². The van der Waals surface area contributed by atoms with Gasteiger partial charge in [-0.3, -0.25) is 4.79 Å². The van der Waals surface area contributed by atoms with Crippen LogP contribution in [0.2, 0.25) is 0 Å². The lowest BCUT2D eigenvalue weighted by molar-refractivity contribution is 0.0574. The van der Waals surface area contributed by atoms with Crippen LogP contribution >= 0.6 is 11.3 Å². The summed E-state index contributed by atoms with van der Waals surface area (Å²) in [5, 5.41) is 15.1. The zero-order valence-electron chi connectivity index (χ0n) is 12.2. The van der Waals surface area contributed by atoms with Crippen molar-refractivity contribution in [1.82, 2.24) is 20.3 Å². The minimum atomic E-state index is -0.954. The van der Waals surface area contributed by atoms with Gasteiger partial charge in [0.25, 0.3) is 5.91 Å². The molecular weight excluding hydrogens is 302 g/mol. The highest BCUT2D eigenvalue weighted by atomic mass is 32.1. The van der Waals surface area contributed by atoms with E-state index in [2.05, 4.69) is 20.3 Å². The molecule has 1 fully saturated rings. The summed E-state index contributed by atoms with van der Waals surface area (Å²) < 4.78 is 0. The summed E-state index contributed by atoms with van der Waals surface area (Å²) in [5.41, 5.74) is 1.93. The molecule has 0 spiro atoms. The number of carbonyl (C=O) groups is 1. The molecule has 0 unspecified atom stereocenters. The highest BCUT2D eigenvalue weighted by molar-refractivity contribution is 7.07. The molecule has 7 nitrogen and oxygen atoms in total. The lowest BCUT2D eigenvalue weighted by Gasteiger charge is -2.24. The third-order valence-corrected chi connectivity index (χ3v) is 4.28. The van der Waals surface area contributed by atoms with E-state index in [1.165, 1.54) is 17.7 Å². The van der Waals surface area contributed by atoms with Crippen LogP contribution in [0.25, 0.3) is 0 Å². The van der Waals surface area contributed by atoms with Gasteiger partial charge in [0.15, 0.2) is 0 Å². The van der Waals surface area contributed by atoms with Crippen LogP contribution < -0.4 is 10.2 Å². The van der Waals surface area contributed by atoms with Crippen molar-refractivity contribution in [2.75, 3.05) is 24.5 Å². The number of nitrogens with zero attached hydrogens (tertiary/aromatic N) is 4. The quantitative estimate of drug-likeness (QED) is 0.858. The van der Waals surface area contributed by atoms with E-state index in [1.54, 1.807) is 10.9 Å². The second-order valence-corrected chi connectivity index (χ2v) is 6.19. The predicted octanol–water partition coefficient (Wildman–Crippen LogP) is 0.613. The first kappa shape index (κ1) is 14.9. The van der Waals surface area contributed by atoms with E-state index in [9.17, 15) is 9.90 Å². The van der Waals surface area contributed by atoms with Crippen LogP contribution in [-0.2, 0) is 0 Å². The fourth-order valence-electron chi connectivity index (χ4n) is 2.47. The molecule has 0 aliphatic carbocycles. The van der Waals surface area contributed by atoms with Crippen LogP contribution in [0.4, 0.5) is 5.82 Å². The van der Waals surface area contributed by atoms with Crippen LogP contribution in [0.15, 0.2) is 23.3 Å². The standard InChI is InChI=1S/C14H17N5O2S/c1-10-4-12(17-8-16-10)19-3-2-14(21,7-19)6-15-13(20)11-5-22-9-18-11/h4-5,8-9,21H,2-3,6-7H2,1H3,(H,15,20)/t14-/m0/s1. The van der Waals surface area contributed by atoms with Gasteiger partial charge in [0, 0.05) is 36.8 Å². The van der Waals surface area contributed by atoms with E-state index in [-0.39, 0.29) is 12.5 Å². The summed E-state index contributed by atoms with van der Waals surface area (Å²) >= 11 is 1.37. The molecule has 1 aliphatic rings. The Bertz CT molecular complexity index is 663. The van der Waals surface area contributed by atoms with E-state index in [0.717, 1.165) is 11.5 Å². The lowest BCUT2D eigenvalue weighted by Crippen LogP contribution is -2.45. The van der Waals surface area contributed by atoms with Crippen LogP contribution in [0.3, 0.4) is 0 Å². The van der Waals surface area contributed by atoms with Gasteiger partial charge in [-0.15, -0.1) is 11.3 Å². The van der Waals surface area contributed by atoms with Crippen LogP contribution in [-0.4, -0.2) is 51.2 Å². The molecule has 1 atom stereocenters. The minimum absolute atomic E-state index is 0.198. The summed E-state index contributed by atoms with van der Waals surface area (Å²) in [5.74, 6) is 0.542. The molecular formula is C14H17N5O2S. The maximum atomic E-state index is 11.9. The average molecular weight is 319 g/mol. The van der Waals surface area contributed by atoms with Crippen molar-refractivity contribution in [3.8, 4) is 0 Å². The Hall–Kier alpha value is -2.06. The molecule has 3 rings (SSSR count). The van der Waals surface area contributed by atoms with E-state index >= 15 is 0 Å². The molecule has 2 aromatic rings. The van der Waals surface area contributed by atoms with Crippen molar-refractivity contribution in [1.29, 1.82) is 0 Å². The molecule has 22 heavy (non-hydrogen) atoms. The van der Waals surface area contributed by atoms with Gasteiger partial charge in [-0.05, 0) is 13.3 Å². The Morgan fingerprint density at radius 1 is 1.50 bits per heavy atom. The van der Waals surface area contributed by atoms with Gasteiger partial charge in [-0.2, -0.15) is 0 Å². The molecule has 0 bridgehead atoms. The van der Waals surface area contributed by atoms with Crippen molar-refractivity contribution in [2.45, 2.75) is 18.9 Å². The number of aromatic nitrogens is 3. The Morgan fingerprint density at radius 2 is 2.36 bits per heavy atom. The van der Waals surface area contributed by atoms with E-state index in [1.807, 2.05) is 17.9 Å². The monoisotopic (exact) mass is 319 g/mol. The van der Waals surface area contributed by atoms with Gasteiger partial charge in [0.05, 0.1) is 5.51 Å². The Labute approximate surface area is 132 Å². The topological polar surface area (TPSA) is 91.2 Å². The SMILES string of the molecule is Cc1cc(N2CC[C@](O)(CNC(=O)c3cscn3)C2)ncn1. The molecule has 2 aromatic heterocycles. The number of thiazole rings is 1. The fraction of sp³-hybridized carbons (Fsp3) is 0.429. The van der Waals surface area contributed by atoms with Gasteiger partial charge >= 0.3 is 0 Å². The molecule has 0 saturated carbocycles. The zero-order chi connectivity index (χ0) is 15.6. The molecule has 1 saturated heterocycles. The molecule has 3 heterocycles. The maximum absolute atomic E-state index is 11.9. The van der Waals surface area contributed by atoms with Crippen LogP contribution in [0, 0.1) is 6.92 Å². The van der Waals surface area contributed by atoms with Gasteiger partial charge in [0.2, 0.25) is 0 Å². The Balaban J connectivity index is 1.60. The summed E-state index contributed by atoms with van der Waals surface area (Å²) in [6.07, 6.45) is 2.10. The number of aliphatic hydroxyl groups is 1. The van der Waals surface area contributed by atoms with Gasteiger partial charge in [-0.1, -0.05) is 0 Å². The first-order valence-corrected chi connectivity index (χ1v) is 7.92. The number of rotatable bonds is 4. The van der Waals surface area contributed by atoms with Crippen molar-refractivity contribution >= 4 is 23.1 Å². The average Bonchev–Trinajstić information content (AvgIpc) is 3.15. The number of amides is 1. The number of carbonyl (C=O) groups excluding carboxylic acids is 1. The molecule has 1 aliphatic heterocycles. The predicted molar refractivity (Wildman–Crippen MR) is 83.0 cm³/mol. The second-order valence-electron chi connectivity index (χ2n) is 5.47. The fourth-order valence-corrected chi connectivity index (χ4v) is 3.00. The van der Waals surface area contributed by atoms with E-state index in [4.69, 9.17) is 0 Å². The lowest BCUT2D eigenvalue weighted by atomic mass is 10.0. The number of nitrogens with one attached hydrogen (secondary N) is 1. The zero-order valence-corrected chi connectivity index (χ0v) is 13.0. The van der Waals surface area contributed by atoms with Gasteiger partial charge in [-0.25, -0.2) is 15.0 Å². The van der Waals surface area contributed by atoms with Crippen molar-refractivity contribution in [3.63, 3.8) is 0 Å². The summed E-state index contributed by atoms with van der Waals surface area (Å²) in [6, 6.07) is 1.89. The maximum Gasteiger partial charge on any atom is 0.270 e. The third-order valence-electron chi connectivity index (χ3n) is 3.69. The van der Waals surface area contributed by atoms with Crippen LogP contribution in [0.1, 0.15) is 22.6 Å². The minimum Gasteiger partial charge on any atom is -0.386 e. The second kappa shape index (κ2) is 5.98. The Morgan fingerprint density at radius 3 is 3.09 bits per heavy atom. The third kappa shape index (κ3) is 3.23. The molecule has 116 valence electrons. The number of anilines is 1.